The molecule has 0 saturated carbocycles. The Hall–Kier alpha value is -1.26. The lowest BCUT2D eigenvalue weighted by molar-refractivity contribution is -0.140. The first-order chi connectivity index (χ1) is 8.52. The molecule has 1 atom stereocenters. The van der Waals surface area contributed by atoms with E-state index < -0.39 is 11.3 Å². The van der Waals surface area contributed by atoms with Gasteiger partial charge in [0.15, 0.2) is 0 Å². The van der Waals surface area contributed by atoms with Crippen LogP contribution in [-0.2, 0) is 20.7 Å². The minimum absolute atomic E-state index is 0.0353. The van der Waals surface area contributed by atoms with Gasteiger partial charge in [-0.05, 0) is 17.7 Å². The molecule has 0 radical (unpaired) electrons. The van der Waals surface area contributed by atoms with Gasteiger partial charge in [0, 0.05) is 11.6 Å². The van der Waals surface area contributed by atoms with Crippen molar-refractivity contribution < 1.29 is 14.3 Å². The van der Waals surface area contributed by atoms with Crippen LogP contribution in [-0.4, -0.2) is 30.9 Å². The summed E-state index contributed by atoms with van der Waals surface area (Å²) < 4.78 is 4.44. The standard InChI is InChI=1S/C12H13Cl2NO3/c1-18-12(17)10(14)7-15-11(16)6-8-3-2-4-9(13)5-8/h2-5,10H,6-7H2,1H3,(H,15,16). The smallest absolute Gasteiger partial charge is 0.325 e. The molecule has 0 aliphatic rings. The Labute approximate surface area is 115 Å². The first-order valence-corrected chi connectivity index (χ1v) is 6.07. The Morgan fingerprint density at radius 2 is 2.17 bits per heavy atom. The molecule has 0 heterocycles. The molecular formula is C12H13Cl2NO3. The Kier molecular flexibility index (Phi) is 5.95. The Balaban J connectivity index is 2.41. The zero-order valence-electron chi connectivity index (χ0n) is 9.78. The van der Waals surface area contributed by atoms with Gasteiger partial charge in [-0.25, -0.2) is 0 Å². The number of halogens is 2. The van der Waals surface area contributed by atoms with Crippen LogP contribution < -0.4 is 5.32 Å². The number of hydrogen-bond acceptors (Lipinski definition) is 3. The van der Waals surface area contributed by atoms with Gasteiger partial charge < -0.3 is 10.1 Å². The number of methoxy groups -OCH3 is 1. The normalized spacial score (nSPS) is 11.7. The molecule has 1 amide bonds. The van der Waals surface area contributed by atoms with Crippen LogP contribution in [0, 0.1) is 0 Å². The Morgan fingerprint density at radius 1 is 1.44 bits per heavy atom. The van der Waals surface area contributed by atoms with Crippen molar-refractivity contribution in [2.24, 2.45) is 0 Å². The van der Waals surface area contributed by atoms with Crippen molar-refractivity contribution in [1.29, 1.82) is 0 Å². The van der Waals surface area contributed by atoms with Gasteiger partial charge in [0.25, 0.3) is 0 Å². The molecule has 0 saturated heterocycles. The predicted molar refractivity (Wildman–Crippen MR) is 69.8 cm³/mol. The number of nitrogens with one attached hydrogen (secondary N) is 1. The van der Waals surface area contributed by atoms with Crippen LogP contribution >= 0.6 is 23.2 Å². The highest BCUT2D eigenvalue weighted by atomic mass is 35.5. The van der Waals surface area contributed by atoms with Crippen LogP contribution in [0.2, 0.25) is 5.02 Å². The van der Waals surface area contributed by atoms with Crippen LogP contribution in [0.4, 0.5) is 0 Å². The summed E-state index contributed by atoms with van der Waals surface area (Å²) in [7, 11) is 1.24. The van der Waals surface area contributed by atoms with Gasteiger partial charge in [0.1, 0.15) is 5.38 Å². The summed E-state index contributed by atoms with van der Waals surface area (Å²) in [5, 5.41) is 2.25. The minimum atomic E-state index is -0.877. The number of alkyl halides is 1. The molecule has 0 aromatic heterocycles. The van der Waals surface area contributed by atoms with Gasteiger partial charge in [-0.15, -0.1) is 11.6 Å². The molecule has 1 N–H and O–H groups in total. The molecule has 0 spiro atoms. The number of rotatable bonds is 5. The largest absolute Gasteiger partial charge is 0.468 e. The maximum atomic E-state index is 11.6. The van der Waals surface area contributed by atoms with Crippen molar-refractivity contribution in [2.75, 3.05) is 13.7 Å². The fraction of sp³-hybridized carbons (Fsp3) is 0.333. The molecule has 1 rings (SSSR count). The molecule has 0 fully saturated rings. The molecule has 4 nitrogen and oxygen atoms in total. The number of carbonyl (C=O) groups excluding carboxylic acids is 2. The molecular weight excluding hydrogens is 277 g/mol. The second kappa shape index (κ2) is 7.24. The van der Waals surface area contributed by atoms with Crippen LogP contribution in [0.3, 0.4) is 0 Å². The molecule has 6 heteroatoms. The van der Waals surface area contributed by atoms with Gasteiger partial charge in [-0.3, -0.25) is 9.59 Å². The number of amides is 1. The average Bonchev–Trinajstić information content (AvgIpc) is 2.35. The van der Waals surface area contributed by atoms with E-state index in [0.717, 1.165) is 5.56 Å². The fourth-order valence-electron chi connectivity index (χ4n) is 1.31. The molecule has 0 aliphatic heterocycles. The molecule has 1 aromatic carbocycles. The molecule has 0 bridgehead atoms. The summed E-state index contributed by atoms with van der Waals surface area (Å²) in [6.07, 6.45) is 0.186. The van der Waals surface area contributed by atoms with E-state index in [1.807, 2.05) is 0 Å². The third kappa shape index (κ3) is 4.94. The average molecular weight is 290 g/mol. The first kappa shape index (κ1) is 14.8. The van der Waals surface area contributed by atoms with E-state index in [1.54, 1.807) is 24.3 Å². The highest BCUT2D eigenvalue weighted by Crippen LogP contribution is 2.11. The number of esters is 1. The van der Waals surface area contributed by atoms with Gasteiger partial charge in [0.2, 0.25) is 5.91 Å². The lowest BCUT2D eigenvalue weighted by Crippen LogP contribution is -2.35. The lowest BCUT2D eigenvalue weighted by Gasteiger charge is -2.09. The van der Waals surface area contributed by atoms with Crippen molar-refractivity contribution in [3.05, 3.63) is 34.9 Å². The fourth-order valence-corrected chi connectivity index (χ4v) is 1.69. The van der Waals surface area contributed by atoms with E-state index in [1.165, 1.54) is 7.11 Å². The third-order valence-electron chi connectivity index (χ3n) is 2.19. The van der Waals surface area contributed by atoms with E-state index in [9.17, 15) is 9.59 Å². The zero-order valence-corrected chi connectivity index (χ0v) is 11.3. The van der Waals surface area contributed by atoms with Crippen LogP contribution in [0.25, 0.3) is 0 Å². The molecule has 18 heavy (non-hydrogen) atoms. The van der Waals surface area contributed by atoms with Crippen molar-refractivity contribution in [2.45, 2.75) is 11.8 Å². The summed E-state index contributed by atoms with van der Waals surface area (Å²) in [6, 6.07) is 7.00. The SMILES string of the molecule is COC(=O)C(Cl)CNC(=O)Cc1cccc(Cl)c1. The lowest BCUT2D eigenvalue weighted by atomic mass is 10.1. The second-order valence-electron chi connectivity index (χ2n) is 3.60. The summed E-state index contributed by atoms with van der Waals surface area (Å²) in [5.41, 5.74) is 0.796. The number of ether oxygens (including phenoxy) is 1. The van der Waals surface area contributed by atoms with E-state index in [0.29, 0.717) is 5.02 Å². The second-order valence-corrected chi connectivity index (χ2v) is 4.56. The number of hydrogen-bond donors (Lipinski definition) is 1. The summed E-state index contributed by atoms with van der Waals surface area (Å²) in [6.45, 7) is 0.0353. The molecule has 1 unspecified atom stereocenters. The molecule has 98 valence electrons. The van der Waals surface area contributed by atoms with Crippen LogP contribution in [0.5, 0.6) is 0 Å². The van der Waals surface area contributed by atoms with E-state index >= 15 is 0 Å². The van der Waals surface area contributed by atoms with Gasteiger partial charge in [-0.1, -0.05) is 23.7 Å². The first-order valence-electron chi connectivity index (χ1n) is 5.26. The molecule has 1 aromatic rings. The molecule has 0 aliphatic carbocycles. The highest BCUT2D eigenvalue weighted by Gasteiger charge is 2.16. The van der Waals surface area contributed by atoms with E-state index in [-0.39, 0.29) is 18.9 Å². The maximum Gasteiger partial charge on any atom is 0.325 e. The van der Waals surface area contributed by atoms with Gasteiger partial charge in [-0.2, -0.15) is 0 Å². The maximum absolute atomic E-state index is 11.6. The monoisotopic (exact) mass is 289 g/mol. The Morgan fingerprint density at radius 3 is 2.78 bits per heavy atom. The summed E-state index contributed by atoms with van der Waals surface area (Å²) in [4.78, 5) is 22.6. The van der Waals surface area contributed by atoms with Crippen molar-refractivity contribution in [3.63, 3.8) is 0 Å². The minimum Gasteiger partial charge on any atom is -0.468 e. The van der Waals surface area contributed by atoms with E-state index in [4.69, 9.17) is 23.2 Å². The predicted octanol–water partition coefficient (Wildman–Crippen LogP) is 1.78. The van der Waals surface area contributed by atoms with Crippen molar-refractivity contribution >= 4 is 35.1 Å². The third-order valence-corrected chi connectivity index (χ3v) is 2.76. The zero-order chi connectivity index (χ0) is 13.5. The quantitative estimate of drug-likeness (QED) is 0.664. The summed E-state index contributed by atoms with van der Waals surface area (Å²) >= 11 is 11.5. The summed E-state index contributed by atoms with van der Waals surface area (Å²) in [5.74, 6) is -0.799. The van der Waals surface area contributed by atoms with Crippen LogP contribution in [0.15, 0.2) is 24.3 Å². The highest BCUT2D eigenvalue weighted by molar-refractivity contribution is 6.30. The number of benzene rings is 1. The van der Waals surface area contributed by atoms with Gasteiger partial charge >= 0.3 is 5.97 Å². The topological polar surface area (TPSA) is 55.4 Å². The number of carbonyl (C=O) groups is 2. The van der Waals surface area contributed by atoms with Crippen molar-refractivity contribution in [1.82, 2.24) is 5.32 Å². The van der Waals surface area contributed by atoms with Crippen LogP contribution in [0.1, 0.15) is 5.56 Å². The Bertz CT molecular complexity index is 437. The van der Waals surface area contributed by atoms with Gasteiger partial charge in [0.05, 0.1) is 13.5 Å². The van der Waals surface area contributed by atoms with E-state index in [2.05, 4.69) is 10.1 Å². The van der Waals surface area contributed by atoms with Crippen molar-refractivity contribution in [3.8, 4) is 0 Å².